The zero-order valence-electron chi connectivity index (χ0n) is 10.4. The monoisotopic (exact) mass is 320 g/mol. The predicted octanol–water partition coefficient (Wildman–Crippen LogP) is 3.05. The highest BCUT2D eigenvalue weighted by Gasteiger charge is 2.27. The molecule has 2 N–H and O–H groups in total. The van der Waals surface area contributed by atoms with Gasteiger partial charge in [-0.1, -0.05) is 6.92 Å². The lowest BCUT2D eigenvalue weighted by Gasteiger charge is -2.24. The Morgan fingerprint density at radius 2 is 2.00 bits per heavy atom. The van der Waals surface area contributed by atoms with Crippen LogP contribution in [0.2, 0.25) is 0 Å². The third-order valence-corrected chi connectivity index (χ3v) is 3.06. The highest BCUT2D eigenvalue weighted by molar-refractivity contribution is 9.10. The summed E-state index contributed by atoms with van der Waals surface area (Å²) in [6.07, 6.45) is 0. The first kappa shape index (κ1) is 15.0. The summed E-state index contributed by atoms with van der Waals surface area (Å²) < 4.78 is 26.6. The van der Waals surface area contributed by atoms with Crippen LogP contribution < -0.4 is 10.6 Å². The van der Waals surface area contributed by atoms with E-state index in [1.165, 1.54) is 0 Å². The van der Waals surface area contributed by atoms with Crippen molar-refractivity contribution in [3.63, 3.8) is 0 Å². The minimum Gasteiger partial charge on any atom is -0.321 e. The molecule has 1 aromatic carbocycles. The average Bonchev–Trinajstić information content (AvgIpc) is 2.22. The van der Waals surface area contributed by atoms with Crippen LogP contribution in [-0.2, 0) is 4.79 Å². The molecule has 0 atom stereocenters. The van der Waals surface area contributed by atoms with Crippen molar-refractivity contribution in [3.05, 3.63) is 28.2 Å². The summed E-state index contributed by atoms with van der Waals surface area (Å²) in [5.41, 5.74) is -0.901. The van der Waals surface area contributed by atoms with E-state index in [2.05, 4.69) is 26.6 Å². The first-order valence-electron chi connectivity index (χ1n) is 5.49. The van der Waals surface area contributed by atoms with E-state index >= 15 is 0 Å². The number of amides is 1. The van der Waals surface area contributed by atoms with Gasteiger partial charge < -0.3 is 10.6 Å². The number of hydrogen-bond acceptors (Lipinski definition) is 2. The first-order chi connectivity index (χ1) is 8.27. The van der Waals surface area contributed by atoms with Crippen molar-refractivity contribution in [3.8, 4) is 0 Å². The second kappa shape index (κ2) is 5.75. The molecule has 0 saturated heterocycles. The SMILES string of the molecule is CCNC(C)(C)C(=O)Nc1c(F)cc(F)cc1Br. The molecule has 0 aromatic heterocycles. The smallest absolute Gasteiger partial charge is 0.244 e. The van der Waals surface area contributed by atoms with Crippen molar-refractivity contribution < 1.29 is 13.6 Å². The molecule has 3 nitrogen and oxygen atoms in total. The fourth-order valence-electron chi connectivity index (χ4n) is 1.45. The van der Waals surface area contributed by atoms with Crippen LogP contribution in [0.25, 0.3) is 0 Å². The van der Waals surface area contributed by atoms with Crippen molar-refractivity contribution >= 4 is 27.5 Å². The third kappa shape index (κ3) is 3.49. The van der Waals surface area contributed by atoms with Crippen LogP contribution >= 0.6 is 15.9 Å². The maximum absolute atomic E-state index is 13.5. The summed E-state index contributed by atoms with van der Waals surface area (Å²) in [7, 11) is 0. The quantitative estimate of drug-likeness (QED) is 0.895. The van der Waals surface area contributed by atoms with E-state index in [0.29, 0.717) is 6.54 Å². The van der Waals surface area contributed by atoms with E-state index < -0.39 is 23.1 Å². The van der Waals surface area contributed by atoms with E-state index in [4.69, 9.17) is 0 Å². The van der Waals surface area contributed by atoms with Crippen LogP contribution in [-0.4, -0.2) is 18.0 Å². The molecule has 0 saturated carbocycles. The van der Waals surface area contributed by atoms with Gasteiger partial charge in [0, 0.05) is 10.5 Å². The summed E-state index contributed by atoms with van der Waals surface area (Å²) in [6, 6.07) is 1.82. The van der Waals surface area contributed by atoms with E-state index in [1.807, 2.05) is 6.92 Å². The normalized spacial score (nSPS) is 11.4. The molecule has 1 rings (SSSR count). The van der Waals surface area contributed by atoms with Gasteiger partial charge in [0.05, 0.1) is 11.2 Å². The van der Waals surface area contributed by atoms with Gasteiger partial charge in [0.25, 0.3) is 0 Å². The van der Waals surface area contributed by atoms with Crippen molar-refractivity contribution in [1.29, 1.82) is 0 Å². The number of anilines is 1. The Labute approximate surface area is 113 Å². The zero-order valence-corrected chi connectivity index (χ0v) is 12.0. The van der Waals surface area contributed by atoms with Crippen LogP contribution in [0.15, 0.2) is 16.6 Å². The fraction of sp³-hybridized carbons (Fsp3) is 0.417. The van der Waals surface area contributed by atoms with E-state index in [1.54, 1.807) is 13.8 Å². The third-order valence-electron chi connectivity index (χ3n) is 2.43. The van der Waals surface area contributed by atoms with Crippen molar-refractivity contribution in [2.24, 2.45) is 0 Å². The molecule has 0 aliphatic rings. The number of halogens is 3. The first-order valence-corrected chi connectivity index (χ1v) is 6.28. The lowest BCUT2D eigenvalue weighted by Crippen LogP contribution is -2.49. The molecule has 0 aliphatic carbocycles. The molecule has 0 unspecified atom stereocenters. The molecule has 100 valence electrons. The topological polar surface area (TPSA) is 41.1 Å². The maximum atomic E-state index is 13.5. The Morgan fingerprint density at radius 1 is 1.39 bits per heavy atom. The molecule has 0 spiro atoms. The predicted molar refractivity (Wildman–Crippen MR) is 70.4 cm³/mol. The van der Waals surface area contributed by atoms with Gasteiger partial charge >= 0.3 is 0 Å². The fourth-order valence-corrected chi connectivity index (χ4v) is 1.96. The molecule has 1 amide bonds. The van der Waals surface area contributed by atoms with Crippen LogP contribution in [0.3, 0.4) is 0 Å². The summed E-state index contributed by atoms with van der Waals surface area (Å²) in [4.78, 5) is 12.0. The molecular weight excluding hydrogens is 306 g/mol. The van der Waals surface area contributed by atoms with E-state index in [0.717, 1.165) is 12.1 Å². The zero-order chi connectivity index (χ0) is 13.9. The number of likely N-dealkylation sites (N-methyl/N-ethyl adjacent to an activating group) is 1. The largest absolute Gasteiger partial charge is 0.321 e. The van der Waals surface area contributed by atoms with Gasteiger partial charge in [-0.2, -0.15) is 0 Å². The van der Waals surface area contributed by atoms with Crippen molar-refractivity contribution in [2.75, 3.05) is 11.9 Å². The average molecular weight is 321 g/mol. The highest BCUT2D eigenvalue weighted by Crippen LogP contribution is 2.27. The molecular formula is C12H15BrF2N2O. The Bertz CT molecular complexity index is 440. The number of carbonyl (C=O) groups is 1. The highest BCUT2D eigenvalue weighted by atomic mass is 79.9. The molecule has 0 fully saturated rings. The second-order valence-electron chi connectivity index (χ2n) is 4.35. The number of carbonyl (C=O) groups excluding carboxylic acids is 1. The van der Waals surface area contributed by atoms with Gasteiger partial charge in [0.2, 0.25) is 5.91 Å². The second-order valence-corrected chi connectivity index (χ2v) is 5.21. The molecule has 18 heavy (non-hydrogen) atoms. The summed E-state index contributed by atoms with van der Waals surface area (Å²) in [5, 5.41) is 5.41. The molecule has 0 radical (unpaired) electrons. The Balaban J connectivity index is 2.95. The molecule has 0 aliphatic heterocycles. The standard InChI is InChI=1S/C12H15BrF2N2O/c1-4-16-12(2,3)11(18)17-10-8(13)5-7(14)6-9(10)15/h5-6,16H,4H2,1-3H3,(H,17,18). The molecule has 6 heteroatoms. The summed E-state index contributed by atoms with van der Waals surface area (Å²) in [6.45, 7) is 5.83. The van der Waals surface area contributed by atoms with Crippen LogP contribution in [0, 0.1) is 11.6 Å². The maximum Gasteiger partial charge on any atom is 0.244 e. The van der Waals surface area contributed by atoms with E-state index in [-0.39, 0.29) is 10.2 Å². The van der Waals surface area contributed by atoms with Gasteiger partial charge in [-0.15, -0.1) is 0 Å². The van der Waals surface area contributed by atoms with Gasteiger partial charge in [-0.3, -0.25) is 4.79 Å². The van der Waals surface area contributed by atoms with Crippen molar-refractivity contribution in [2.45, 2.75) is 26.3 Å². The van der Waals surface area contributed by atoms with Gasteiger partial charge in [-0.25, -0.2) is 8.78 Å². The lowest BCUT2D eigenvalue weighted by atomic mass is 10.0. The molecule has 0 bridgehead atoms. The lowest BCUT2D eigenvalue weighted by molar-refractivity contribution is -0.121. The number of hydrogen-bond donors (Lipinski definition) is 2. The Kier molecular flexibility index (Phi) is 4.81. The van der Waals surface area contributed by atoms with Crippen molar-refractivity contribution in [1.82, 2.24) is 5.32 Å². The van der Waals surface area contributed by atoms with Gasteiger partial charge in [0.1, 0.15) is 5.82 Å². The summed E-state index contributed by atoms with van der Waals surface area (Å²) >= 11 is 3.02. The minimum atomic E-state index is -0.838. The molecule has 1 aromatic rings. The minimum absolute atomic E-state index is 0.0626. The summed E-state index contributed by atoms with van der Waals surface area (Å²) in [5.74, 6) is -1.92. The van der Waals surface area contributed by atoms with E-state index in [9.17, 15) is 13.6 Å². The molecule has 0 heterocycles. The number of nitrogens with one attached hydrogen (secondary N) is 2. The van der Waals surface area contributed by atoms with Crippen LogP contribution in [0.5, 0.6) is 0 Å². The Morgan fingerprint density at radius 3 is 2.50 bits per heavy atom. The number of benzene rings is 1. The Hall–Kier alpha value is -1.01. The van der Waals surface area contributed by atoms with Crippen LogP contribution in [0.1, 0.15) is 20.8 Å². The van der Waals surface area contributed by atoms with Crippen LogP contribution in [0.4, 0.5) is 14.5 Å². The number of rotatable bonds is 4. The van der Waals surface area contributed by atoms with Gasteiger partial charge in [-0.05, 0) is 42.4 Å². The van der Waals surface area contributed by atoms with Gasteiger partial charge in [0.15, 0.2) is 5.82 Å².